The predicted molar refractivity (Wildman–Crippen MR) is 96.3 cm³/mol. The van der Waals surface area contributed by atoms with Crippen LogP contribution in [0.4, 0.5) is 0 Å². The summed E-state index contributed by atoms with van der Waals surface area (Å²) in [5.41, 5.74) is 5.34. The van der Waals surface area contributed by atoms with Gasteiger partial charge < -0.3 is 9.72 Å². The highest BCUT2D eigenvalue weighted by Crippen LogP contribution is 2.13. The maximum atomic E-state index is 12.1. The van der Waals surface area contributed by atoms with Gasteiger partial charge in [0.1, 0.15) is 5.65 Å². The zero-order valence-electron chi connectivity index (χ0n) is 13.8. The lowest BCUT2D eigenvalue weighted by Crippen LogP contribution is -2.23. The minimum atomic E-state index is 0.0325. The molecule has 0 fully saturated rings. The van der Waals surface area contributed by atoms with Gasteiger partial charge in [0.15, 0.2) is 0 Å². The summed E-state index contributed by atoms with van der Waals surface area (Å²) in [5, 5.41) is 3.58. The molecule has 0 aliphatic rings. The fourth-order valence-electron chi connectivity index (χ4n) is 2.75. The van der Waals surface area contributed by atoms with Crippen LogP contribution in [0, 0.1) is 13.8 Å². The van der Waals surface area contributed by atoms with Crippen molar-refractivity contribution in [1.29, 1.82) is 0 Å². The molecule has 0 saturated heterocycles. The van der Waals surface area contributed by atoms with Crippen molar-refractivity contribution in [2.24, 2.45) is 0 Å². The van der Waals surface area contributed by atoms with Crippen molar-refractivity contribution in [2.75, 3.05) is 0 Å². The molecule has 3 aromatic rings. The lowest BCUT2D eigenvalue weighted by Gasteiger charge is -2.07. The van der Waals surface area contributed by atoms with Gasteiger partial charge in [-0.1, -0.05) is 35.4 Å². The molecule has 4 nitrogen and oxygen atoms in total. The number of rotatable bonds is 5. The molecule has 1 N–H and O–H groups in total. The van der Waals surface area contributed by atoms with Crippen molar-refractivity contribution in [3.05, 3.63) is 70.1 Å². The van der Waals surface area contributed by atoms with Gasteiger partial charge in [0, 0.05) is 18.8 Å². The van der Waals surface area contributed by atoms with Crippen molar-refractivity contribution in [3.63, 3.8) is 0 Å². The van der Waals surface area contributed by atoms with Crippen molar-refractivity contribution >= 4 is 23.2 Å². The number of fused-ring (bicyclic) bond motifs is 1. The average Bonchev–Trinajstić information content (AvgIpc) is 2.94. The van der Waals surface area contributed by atoms with Crippen LogP contribution in [-0.2, 0) is 17.8 Å². The Morgan fingerprint density at radius 1 is 1.21 bits per heavy atom. The third-order valence-electron chi connectivity index (χ3n) is 4.05. The number of nitrogens with one attached hydrogen (secondary N) is 1. The number of aryl methyl sites for hydroxylation is 3. The van der Waals surface area contributed by atoms with Crippen LogP contribution >= 0.6 is 11.6 Å². The largest absolute Gasteiger partial charge is 0.350 e. The highest BCUT2D eigenvalue weighted by molar-refractivity contribution is 6.30. The van der Waals surface area contributed by atoms with Crippen LogP contribution in [0.25, 0.3) is 5.65 Å². The maximum Gasteiger partial charge on any atom is 0.220 e. The second kappa shape index (κ2) is 7.05. The number of amides is 1. The molecule has 2 aromatic heterocycles. The third kappa shape index (κ3) is 3.95. The van der Waals surface area contributed by atoms with Gasteiger partial charge in [-0.15, -0.1) is 0 Å². The van der Waals surface area contributed by atoms with E-state index in [9.17, 15) is 4.79 Å². The van der Waals surface area contributed by atoms with E-state index in [1.54, 1.807) is 12.3 Å². The third-order valence-corrected chi connectivity index (χ3v) is 4.27. The molecule has 24 heavy (non-hydrogen) atoms. The molecule has 124 valence electrons. The van der Waals surface area contributed by atoms with E-state index in [-0.39, 0.29) is 5.91 Å². The smallest absolute Gasteiger partial charge is 0.220 e. The van der Waals surface area contributed by atoms with Gasteiger partial charge >= 0.3 is 0 Å². The summed E-state index contributed by atoms with van der Waals surface area (Å²) in [6, 6.07) is 9.99. The second-order valence-corrected chi connectivity index (χ2v) is 6.49. The van der Waals surface area contributed by atoms with E-state index in [1.807, 2.05) is 16.7 Å². The molecular weight excluding hydrogens is 322 g/mol. The van der Waals surface area contributed by atoms with Crippen LogP contribution < -0.4 is 5.32 Å². The molecular formula is C19H20ClN3O. The minimum absolute atomic E-state index is 0.0325. The topological polar surface area (TPSA) is 46.4 Å². The second-order valence-electron chi connectivity index (χ2n) is 6.05. The number of hydrogen-bond donors (Lipinski definition) is 1. The molecule has 2 heterocycles. The first-order valence-corrected chi connectivity index (χ1v) is 8.35. The van der Waals surface area contributed by atoms with E-state index in [0.29, 0.717) is 18.0 Å². The van der Waals surface area contributed by atoms with Gasteiger partial charge in [0.05, 0.1) is 17.3 Å². The minimum Gasteiger partial charge on any atom is -0.350 e. The fourth-order valence-corrected chi connectivity index (χ4v) is 2.92. The number of carbonyl (C=O) groups is 1. The number of aromatic nitrogens is 2. The summed E-state index contributed by atoms with van der Waals surface area (Å²) >= 11 is 5.96. The number of hydrogen-bond acceptors (Lipinski definition) is 2. The predicted octanol–water partition coefficient (Wildman–Crippen LogP) is 3.85. The molecule has 0 aliphatic heterocycles. The monoisotopic (exact) mass is 341 g/mol. The Kier molecular flexibility index (Phi) is 4.86. The van der Waals surface area contributed by atoms with Gasteiger partial charge in [0.2, 0.25) is 5.91 Å². The lowest BCUT2D eigenvalue weighted by molar-refractivity contribution is -0.121. The first-order valence-electron chi connectivity index (χ1n) is 7.97. The molecule has 0 bridgehead atoms. The summed E-state index contributed by atoms with van der Waals surface area (Å²) in [5.74, 6) is 0.0325. The zero-order valence-corrected chi connectivity index (χ0v) is 14.6. The van der Waals surface area contributed by atoms with Crippen LogP contribution in [0.3, 0.4) is 0 Å². The Bertz CT molecular complexity index is 885. The Morgan fingerprint density at radius 3 is 2.83 bits per heavy atom. The van der Waals surface area contributed by atoms with Gasteiger partial charge in [-0.3, -0.25) is 4.79 Å². The number of pyridine rings is 1. The number of halogens is 1. The van der Waals surface area contributed by atoms with E-state index in [2.05, 4.69) is 42.3 Å². The SMILES string of the molecule is Cc1ccc(CCC(=O)NCc2cn3cc(Cl)ccc3n2)c(C)c1. The normalized spacial score (nSPS) is 11.0. The van der Waals surface area contributed by atoms with E-state index in [1.165, 1.54) is 16.7 Å². The Labute approximate surface area is 146 Å². The highest BCUT2D eigenvalue weighted by Gasteiger charge is 2.07. The van der Waals surface area contributed by atoms with E-state index in [4.69, 9.17) is 11.6 Å². The lowest BCUT2D eigenvalue weighted by atomic mass is 10.0. The molecule has 0 unspecified atom stereocenters. The average molecular weight is 342 g/mol. The fraction of sp³-hybridized carbons (Fsp3) is 0.263. The Hall–Kier alpha value is -2.33. The van der Waals surface area contributed by atoms with Crippen LogP contribution in [0.1, 0.15) is 28.8 Å². The first-order chi connectivity index (χ1) is 11.5. The van der Waals surface area contributed by atoms with E-state index in [0.717, 1.165) is 17.8 Å². The van der Waals surface area contributed by atoms with Crippen LogP contribution in [0.2, 0.25) is 5.02 Å². The molecule has 0 aliphatic carbocycles. The highest BCUT2D eigenvalue weighted by atomic mass is 35.5. The summed E-state index contributed by atoms with van der Waals surface area (Å²) in [4.78, 5) is 16.5. The van der Waals surface area contributed by atoms with Crippen LogP contribution in [0.15, 0.2) is 42.7 Å². The molecule has 5 heteroatoms. The summed E-state index contributed by atoms with van der Waals surface area (Å²) in [6.45, 7) is 4.58. The van der Waals surface area contributed by atoms with Gasteiger partial charge in [-0.25, -0.2) is 4.98 Å². The van der Waals surface area contributed by atoms with Crippen molar-refractivity contribution in [1.82, 2.24) is 14.7 Å². The molecule has 1 amide bonds. The standard InChI is InChI=1S/C19H20ClN3O/c1-13-3-4-15(14(2)9-13)5-8-19(24)21-10-17-12-23-11-16(20)6-7-18(23)22-17/h3-4,6-7,9,11-12H,5,8,10H2,1-2H3,(H,21,24). The van der Waals surface area contributed by atoms with Crippen molar-refractivity contribution < 1.29 is 4.79 Å². The number of benzene rings is 1. The Morgan fingerprint density at radius 2 is 2.04 bits per heavy atom. The summed E-state index contributed by atoms with van der Waals surface area (Å²) in [7, 11) is 0. The number of nitrogens with zero attached hydrogens (tertiary/aromatic N) is 2. The molecule has 0 saturated carbocycles. The molecule has 0 spiro atoms. The van der Waals surface area contributed by atoms with Gasteiger partial charge in [-0.05, 0) is 43.5 Å². The molecule has 1 aromatic carbocycles. The van der Waals surface area contributed by atoms with E-state index < -0.39 is 0 Å². The Balaban J connectivity index is 1.54. The van der Waals surface area contributed by atoms with Gasteiger partial charge in [-0.2, -0.15) is 0 Å². The number of imidazole rings is 1. The van der Waals surface area contributed by atoms with Crippen molar-refractivity contribution in [2.45, 2.75) is 33.2 Å². The maximum absolute atomic E-state index is 12.1. The summed E-state index contributed by atoms with van der Waals surface area (Å²) < 4.78 is 1.86. The van der Waals surface area contributed by atoms with Crippen LogP contribution in [0.5, 0.6) is 0 Å². The van der Waals surface area contributed by atoms with Crippen LogP contribution in [-0.4, -0.2) is 15.3 Å². The molecule has 0 radical (unpaired) electrons. The summed E-state index contributed by atoms with van der Waals surface area (Å²) in [6.07, 6.45) is 4.91. The van der Waals surface area contributed by atoms with Gasteiger partial charge in [0.25, 0.3) is 0 Å². The first kappa shape index (κ1) is 16.5. The number of carbonyl (C=O) groups excluding carboxylic acids is 1. The molecule has 3 rings (SSSR count). The zero-order chi connectivity index (χ0) is 17.1. The van der Waals surface area contributed by atoms with Crippen molar-refractivity contribution in [3.8, 4) is 0 Å². The quantitative estimate of drug-likeness (QED) is 0.766. The molecule has 0 atom stereocenters. The van der Waals surface area contributed by atoms with E-state index >= 15 is 0 Å².